The van der Waals surface area contributed by atoms with Crippen LogP contribution in [0.5, 0.6) is 0 Å². The highest BCUT2D eigenvalue weighted by Crippen LogP contribution is 2.15. The fourth-order valence-electron chi connectivity index (χ4n) is 1.91. The van der Waals surface area contributed by atoms with Gasteiger partial charge in [-0.1, -0.05) is 26.0 Å². The van der Waals surface area contributed by atoms with Gasteiger partial charge in [0, 0.05) is 17.6 Å². The summed E-state index contributed by atoms with van der Waals surface area (Å²) < 4.78 is 47.0. The number of amides is 1. The summed E-state index contributed by atoms with van der Waals surface area (Å²) in [6.45, 7) is 4.20. The highest BCUT2D eigenvalue weighted by atomic mass is 35.5. The highest BCUT2D eigenvalue weighted by Gasteiger charge is 2.24. The van der Waals surface area contributed by atoms with Gasteiger partial charge in [0.25, 0.3) is 5.91 Å². The predicted octanol–water partition coefficient (Wildman–Crippen LogP) is 2.49. The fourth-order valence-corrected chi connectivity index (χ4v) is 2.69. The van der Waals surface area contributed by atoms with E-state index in [1.807, 2.05) is 13.8 Å². The Bertz CT molecular complexity index is 633. The first-order chi connectivity index (χ1) is 10.6. The average molecular weight is 385 g/mol. The lowest BCUT2D eigenvalue weighted by atomic mass is 9.94. The first-order valence-electron chi connectivity index (χ1n) is 7.29. The van der Waals surface area contributed by atoms with Crippen molar-refractivity contribution in [2.75, 3.05) is 6.54 Å². The Kier molecular flexibility index (Phi) is 8.81. The number of nitrogens with two attached hydrogens (primary N) is 1. The van der Waals surface area contributed by atoms with Gasteiger partial charge in [-0.25, -0.2) is 8.42 Å². The number of nitrogens with one attached hydrogen (secondary N) is 1. The standard InChI is InChI=1S/C15H22F2N2O3S.ClH/c1-3-15(18,4-2)10-19-13(20)12-7-5-11(6-8-12)9-23(21,22)14(16)17;/h5-8,14H,3-4,9-10,18H2,1-2H3,(H,19,20);1H. The van der Waals surface area contributed by atoms with Gasteiger partial charge in [-0.05, 0) is 30.5 Å². The maximum absolute atomic E-state index is 12.3. The topological polar surface area (TPSA) is 89.3 Å². The van der Waals surface area contributed by atoms with Gasteiger partial charge < -0.3 is 11.1 Å². The number of alkyl halides is 2. The molecule has 5 nitrogen and oxygen atoms in total. The van der Waals surface area contributed by atoms with E-state index in [0.29, 0.717) is 24.9 Å². The average Bonchev–Trinajstić information content (AvgIpc) is 2.52. The van der Waals surface area contributed by atoms with Gasteiger partial charge in [0.2, 0.25) is 9.84 Å². The van der Waals surface area contributed by atoms with Gasteiger partial charge in [-0.15, -0.1) is 12.4 Å². The van der Waals surface area contributed by atoms with Crippen LogP contribution in [0.25, 0.3) is 0 Å². The normalized spacial score (nSPS) is 11.9. The van der Waals surface area contributed by atoms with E-state index >= 15 is 0 Å². The summed E-state index contributed by atoms with van der Waals surface area (Å²) in [6, 6.07) is 5.51. The highest BCUT2D eigenvalue weighted by molar-refractivity contribution is 7.90. The Morgan fingerprint density at radius 1 is 1.21 bits per heavy atom. The van der Waals surface area contributed by atoms with Gasteiger partial charge in [0.05, 0.1) is 5.75 Å². The van der Waals surface area contributed by atoms with Crippen molar-refractivity contribution in [2.24, 2.45) is 5.73 Å². The van der Waals surface area contributed by atoms with Crippen molar-refractivity contribution in [3.05, 3.63) is 35.4 Å². The molecule has 0 aliphatic heterocycles. The zero-order chi connectivity index (χ0) is 17.7. The van der Waals surface area contributed by atoms with Crippen LogP contribution >= 0.6 is 12.4 Å². The van der Waals surface area contributed by atoms with Crippen molar-refractivity contribution < 1.29 is 22.0 Å². The summed E-state index contributed by atoms with van der Waals surface area (Å²) in [4.78, 5) is 12.0. The minimum atomic E-state index is -4.47. The summed E-state index contributed by atoms with van der Waals surface area (Å²) in [7, 11) is -4.47. The number of sulfone groups is 1. The fraction of sp³-hybridized carbons (Fsp3) is 0.533. The molecule has 0 aliphatic carbocycles. The van der Waals surface area contributed by atoms with E-state index in [9.17, 15) is 22.0 Å². The molecular formula is C15H23ClF2N2O3S. The zero-order valence-corrected chi connectivity index (χ0v) is 15.2. The van der Waals surface area contributed by atoms with Crippen molar-refractivity contribution in [2.45, 2.75) is 43.7 Å². The Balaban J connectivity index is 0.00000529. The van der Waals surface area contributed by atoms with E-state index in [1.54, 1.807) is 0 Å². The molecule has 0 heterocycles. The number of carbonyl (C=O) groups excluding carboxylic acids is 1. The van der Waals surface area contributed by atoms with Crippen molar-refractivity contribution in [3.8, 4) is 0 Å². The molecule has 0 radical (unpaired) electrons. The van der Waals surface area contributed by atoms with Gasteiger partial charge >= 0.3 is 5.76 Å². The second-order valence-electron chi connectivity index (χ2n) is 5.52. The molecule has 0 atom stereocenters. The molecule has 3 N–H and O–H groups in total. The van der Waals surface area contributed by atoms with Crippen LogP contribution < -0.4 is 11.1 Å². The van der Waals surface area contributed by atoms with Crippen molar-refractivity contribution in [1.82, 2.24) is 5.32 Å². The summed E-state index contributed by atoms with van der Waals surface area (Å²) in [6.07, 6.45) is 1.43. The molecule has 0 saturated heterocycles. The molecule has 1 amide bonds. The summed E-state index contributed by atoms with van der Waals surface area (Å²) in [5.74, 6) is -4.51. The second-order valence-corrected chi connectivity index (χ2v) is 7.49. The predicted molar refractivity (Wildman–Crippen MR) is 92.2 cm³/mol. The van der Waals surface area contributed by atoms with Gasteiger partial charge in [0.15, 0.2) is 0 Å². The van der Waals surface area contributed by atoms with E-state index in [4.69, 9.17) is 5.73 Å². The first-order valence-corrected chi connectivity index (χ1v) is 9.01. The molecule has 0 spiro atoms. The van der Waals surface area contributed by atoms with Crippen LogP contribution in [0.2, 0.25) is 0 Å². The molecule has 1 aromatic rings. The van der Waals surface area contributed by atoms with Crippen molar-refractivity contribution in [3.63, 3.8) is 0 Å². The summed E-state index contributed by atoms with van der Waals surface area (Å²) >= 11 is 0. The SMILES string of the molecule is CCC(N)(CC)CNC(=O)c1ccc(CS(=O)(=O)C(F)F)cc1.Cl. The molecule has 1 aromatic carbocycles. The Hall–Kier alpha value is -1.25. The van der Waals surface area contributed by atoms with E-state index in [1.165, 1.54) is 24.3 Å². The van der Waals surface area contributed by atoms with Crippen LogP contribution in [0.15, 0.2) is 24.3 Å². The Labute approximate surface area is 147 Å². The molecule has 0 bridgehead atoms. The minimum Gasteiger partial charge on any atom is -0.350 e. The first kappa shape index (κ1) is 22.8. The third-order valence-electron chi connectivity index (χ3n) is 3.86. The van der Waals surface area contributed by atoms with Gasteiger partial charge in [-0.3, -0.25) is 4.79 Å². The number of hydrogen-bond acceptors (Lipinski definition) is 4. The smallest absolute Gasteiger partial charge is 0.337 e. The maximum atomic E-state index is 12.3. The molecule has 24 heavy (non-hydrogen) atoms. The molecular weight excluding hydrogens is 362 g/mol. The number of benzene rings is 1. The van der Waals surface area contributed by atoms with Crippen LogP contribution in [0.3, 0.4) is 0 Å². The van der Waals surface area contributed by atoms with Crippen molar-refractivity contribution in [1.29, 1.82) is 0 Å². The molecule has 0 fully saturated rings. The monoisotopic (exact) mass is 384 g/mol. The third kappa shape index (κ3) is 6.33. The van der Waals surface area contributed by atoms with Crippen LogP contribution in [0.4, 0.5) is 8.78 Å². The van der Waals surface area contributed by atoms with Crippen molar-refractivity contribution >= 4 is 28.2 Å². The lowest BCUT2D eigenvalue weighted by Crippen LogP contribution is -2.49. The molecule has 9 heteroatoms. The van der Waals surface area contributed by atoms with Crippen LogP contribution in [-0.4, -0.2) is 32.2 Å². The molecule has 0 saturated carbocycles. The molecule has 0 aromatic heterocycles. The van der Waals surface area contributed by atoms with Gasteiger partial charge in [-0.2, -0.15) is 8.78 Å². The van der Waals surface area contributed by atoms with E-state index in [0.717, 1.165) is 0 Å². The second kappa shape index (κ2) is 9.29. The lowest BCUT2D eigenvalue weighted by molar-refractivity contribution is 0.0942. The maximum Gasteiger partial charge on any atom is 0.337 e. The number of hydrogen-bond donors (Lipinski definition) is 2. The largest absolute Gasteiger partial charge is 0.350 e. The molecule has 1 rings (SSSR count). The lowest BCUT2D eigenvalue weighted by Gasteiger charge is -2.26. The summed E-state index contributed by atoms with van der Waals surface area (Å²) in [5.41, 5.74) is 6.14. The molecule has 0 aliphatic rings. The van der Waals surface area contributed by atoms with Crippen LogP contribution in [0.1, 0.15) is 42.6 Å². The number of carbonyl (C=O) groups is 1. The molecule has 0 unspecified atom stereocenters. The van der Waals surface area contributed by atoms with Gasteiger partial charge in [0.1, 0.15) is 0 Å². The minimum absolute atomic E-state index is 0. The van der Waals surface area contributed by atoms with E-state index in [2.05, 4.69) is 5.32 Å². The Morgan fingerprint density at radius 3 is 2.12 bits per heavy atom. The molecule has 138 valence electrons. The number of halogens is 3. The number of rotatable bonds is 8. The third-order valence-corrected chi connectivity index (χ3v) is 5.14. The quantitative estimate of drug-likeness (QED) is 0.720. The Morgan fingerprint density at radius 2 is 1.71 bits per heavy atom. The van der Waals surface area contributed by atoms with E-state index < -0.39 is 26.9 Å². The van der Waals surface area contributed by atoms with E-state index in [-0.39, 0.29) is 23.9 Å². The van der Waals surface area contributed by atoms with Crippen LogP contribution in [0, 0.1) is 0 Å². The van der Waals surface area contributed by atoms with Crippen LogP contribution in [-0.2, 0) is 15.6 Å². The summed E-state index contributed by atoms with van der Waals surface area (Å²) in [5, 5.41) is 2.73. The zero-order valence-electron chi connectivity index (χ0n) is 13.6.